The van der Waals surface area contributed by atoms with Gasteiger partial charge in [-0.2, -0.15) is 0 Å². The molecule has 0 aliphatic carbocycles. The third-order valence-electron chi connectivity index (χ3n) is 2.75. The molecule has 1 aromatic carbocycles. The molecule has 2 atom stereocenters. The number of amides is 1. The molecular formula is C13H17NO2. The zero-order valence-corrected chi connectivity index (χ0v) is 9.60. The first-order valence-electron chi connectivity index (χ1n) is 5.19. The molecule has 86 valence electrons. The van der Waals surface area contributed by atoms with Crippen LogP contribution >= 0.6 is 0 Å². The van der Waals surface area contributed by atoms with Gasteiger partial charge in [-0.3, -0.25) is 4.79 Å². The average molecular weight is 219 g/mol. The lowest BCUT2D eigenvalue weighted by atomic mass is 9.89. The quantitative estimate of drug-likeness (QED) is 0.755. The van der Waals surface area contributed by atoms with Crippen LogP contribution in [0.4, 0.5) is 0 Å². The van der Waals surface area contributed by atoms with Crippen molar-refractivity contribution < 1.29 is 9.90 Å². The lowest BCUT2D eigenvalue weighted by Gasteiger charge is -2.31. The Bertz CT molecular complexity index is 371. The average Bonchev–Trinajstić information content (AvgIpc) is 2.29. The highest BCUT2D eigenvalue weighted by atomic mass is 16.3. The number of carbonyl (C=O) groups is 1. The maximum atomic E-state index is 11.2. The summed E-state index contributed by atoms with van der Waals surface area (Å²) in [6, 6.07) is 8.86. The van der Waals surface area contributed by atoms with Crippen LogP contribution in [0.15, 0.2) is 43.0 Å². The van der Waals surface area contributed by atoms with Gasteiger partial charge < -0.3 is 10.4 Å². The third-order valence-corrected chi connectivity index (χ3v) is 2.75. The number of hydrogen-bond donors (Lipinski definition) is 2. The molecule has 1 amide bonds. The van der Waals surface area contributed by atoms with Crippen LogP contribution in [0, 0.1) is 0 Å². The van der Waals surface area contributed by atoms with E-state index in [4.69, 9.17) is 0 Å². The molecule has 0 bridgehead atoms. The molecule has 0 radical (unpaired) electrons. The molecule has 1 rings (SSSR count). The molecular weight excluding hydrogens is 202 g/mol. The number of benzene rings is 1. The SMILES string of the molecule is C=CC(=O)N[C@H](C)[C@@](C)(O)c1ccccc1. The second kappa shape index (κ2) is 4.94. The first-order chi connectivity index (χ1) is 7.48. The van der Waals surface area contributed by atoms with Crippen LogP contribution in [-0.4, -0.2) is 17.1 Å². The van der Waals surface area contributed by atoms with E-state index in [1.807, 2.05) is 30.3 Å². The van der Waals surface area contributed by atoms with E-state index >= 15 is 0 Å². The fraction of sp³-hybridized carbons (Fsp3) is 0.308. The summed E-state index contributed by atoms with van der Waals surface area (Å²) in [6.45, 7) is 6.81. The summed E-state index contributed by atoms with van der Waals surface area (Å²) in [5.41, 5.74) is -0.327. The zero-order valence-electron chi connectivity index (χ0n) is 9.60. The van der Waals surface area contributed by atoms with Gasteiger partial charge in [0.1, 0.15) is 5.60 Å². The molecule has 0 heterocycles. The fourth-order valence-electron chi connectivity index (χ4n) is 1.44. The second-order valence-electron chi connectivity index (χ2n) is 3.95. The molecule has 0 aliphatic rings. The van der Waals surface area contributed by atoms with Gasteiger partial charge in [0, 0.05) is 0 Å². The predicted octanol–water partition coefficient (Wildman–Crippen LogP) is 1.58. The van der Waals surface area contributed by atoms with Gasteiger partial charge >= 0.3 is 0 Å². The molecule has 0 saturated carbocycles. The number of hydrogen-bond acceptors (Lipinski definition) is 2. The van der Waals surface area contributed by atoms with Gasteiger partial charge in [0.2, 0.25) is 5.91 Å². The van der Waals surface area contributed by atoms with E-state index in [0.717, 1.165) is 5.56 Å². The van der Waals surface area contributed by atoms with Crippen molar-refractivity contribution in [2.24, 2.45) is 0 Å². The molecule has 0 saturated heterocycles. The van der Waals surface area contributed by atoms with E-state index in [1.165, 1.54) is 6.08 Å². The molecule has 0 aliphatic heterocycles. The van der Waals surface area contributed by atoms with Gasteiger partial charge in [0.15, 0.2) is 0 Å². The minimum absolute atomic E-state index is 0.288. The van der Waals surface area contributed by atoms with Crippen molar-refractivity contribution in [3.05, 3.63) is 48.6 Å². The summed E-state index contributed by atoms with van der Waals surface area (Å²) in [5.74, 6) is -0.288. The molecule has 3 nitrogen and oxygen atoms in total. The number of nitrogens with one attached hydrogen (secondary N) is 1. The Morgan fingerprint density at radius 1 is 1.50 bits per heavy atom. The highest BCUT2D eigenvalue weighted by Gasteiger charge is 2.30. The maximum Gasteiger partial charge on any atom is 0.243 e. The molecule has 2 N–H and O–H groups in total. The Morgan fingerprint density at radius 3 is 2.56 bits per heavy atom. The molecule has 1 aromatic rings. The van der Waals surface area contributed by atoms with Crippen molar-refractivity contribution >= 4 is 5.91 Å². The Balaban J connectivity index is 2.85. The molecule has 0 unspecified atom stereocenters. The van der Waals surface area contributed by atoms with Crippen molar-refractivity contribution in [3.8, 4) is 0 Å². The molecule has 16 heavy (non-hydrogen) atoms. The predicted molar refractivity (Wildman–Crippen MR) is 63.8 cm³/mol. The minimum atomic E-state index is -1.10. The highest BCUT2D eigenvalue weighted by Crippen LogP contribution is 2.23. The largest absolute Gasteiger partial charge is 0.383 e. The second-order valence-corrected chi connectivity index (χ2v) is 3.95. The minimum Gasteiger partial charge on any atom is -0.383 e. The normalized spacial score (nSPS) is 15.9. The summed E-state index contributed by atoms with van der Waals surface area (Å²) < 4.78 is 0. The Morgan fingerprint density at radius 2 is 2.06 bits per heavy atom. The summed E-state index contributed by atoms with van der Waals surface area (Å²) in [5, 5.41) is 13.0. The van der Waals surface area contributed by atoms with E-state index in [2.05, 4.69) is 11.9 Å². The van der Waals surface area contributed by atoms with Gasteiger partial charge in [0.25, 0.3) is 0 Å². The molecule has 0 fully saturated rings. The first kappa shape index (κ1) is 12.5. The van der Waals surface area contributed by atoms with Crippen LogP contribution in [0.2, 0.25) is 0 Å². The Labute approximate surface area is 95.8 Å². The van der Waals surface area contributed by atoms with Crippen LogP contribution in [0.25, 0.3) is 0 Å². The lowest BCUT2D eigenvalue weighted by Crippen LogP contribution is -2.46. The fourth-order valence-corrected chi connectivity index (χ4v) is 1.44. The van der Waals surface area contributed by atoms with Crippen LogP contribution in [0.5, 0.6) is 0 Å². The number of aliphatic hydroxyl groups is 1. The summed E-state index contributed by atoms with van der Waals surface area (Å²) in [6.07, 6.45) is 1.19. The van der Waals surface area contributed by atoms with Gasteiger partial charge in [-0.05, 0) is 25.5 Å². The maximum absolute atomic E-state index is 11.2. The van der Waals surface area contributed by atoms with Crippen LogP contribution in [0.1, 0.15) is 19.4 Å². The third kappa shape index (κ3) is 2.70. The molecule has 3 heteroatoms. The lowest BCUT2D eigenvalue weighted by molar-refractivity contribution is -0.119. The van der Waals surface area contributed by atoms with Crippen molar-refractivity contribution in [1.29, 1.82) is 0 Å². The van der Waals surface area contributed by atoms with Gasteiger partial charge in [0.05, 0.1) is 6.04 Å². The summed E-state index contributed by atoms with van der Waals surface area (Å²) in [7, 11) is 0. The van der Waals surface area contributed by atoms with Crippen molar-refractivity contribution in [2.75, 3.05) is 0 Å². The zero-order chi connectivity index (χ0) is 12.2. The van der Waals surface area contributed by atoms with E-state index in [1.54, 1.807) is 13.8 Å². The highest BCUT2D eigenvalue weighted by molar-refractivity contribution is 5.87. The van der Waals surface area contributed by atoms with E-state index in [0.29, 0.717) is 0 Å². The van der Waals surface area contributed by atoms with Gasteiger partial charge in [-0.15, -0.1) is 0 Å². The topological polar surface area (TPSA) is 49.3 Å². The number of rotatable bonds is 4. The van der Waals surface area contributed by atoms with E-state index < -0.39 is 5.60 Å². The Kier molecular flexibility index (Phi) is 3.85. The smallest absolute Gasteiger partial charge is 0.243 e. The van der Waals surface area contributed by atoms with Crippen molar-refractivity contribution in [1.82, 2.24) is 5.32 Å². The van der Waals surface area contributed by atoms with Gasteiger partial charge in [-0.25, -0.2) is 0 Å². The number of carbonyl (C=O) groups excluding carboxylic acids is 1. The molecule has 0 aromatic heterocycles. The standard InChI is InChI=1S/C13H17NO2/c1-4-12(15)14-10(2)13(3,16)11-8-6-5-7-9-11/h4-10,16H,1H2,2-3H3,(H,14,15)/t10-,13-/m1/s1. The molecule has 0 spiro atoms. The van der Waals surface area contributed by atoms with Crippen LogP contribution < -0.4 is 5.32 Å². The monoisotopic (exact) mass is 219 g/mol. The van der Waals surface area contributed by atoms with E-state index in [-0.39, 0.29) is 11.9 Å². The summed E-state index contributed by atoms with van der Waals surface area (Å²) in [4.78, 5) is 11.2. The van der Waals surface area contributed by atoms with Crippen LogP contribution in [0.3, 0.4) is 0 Å². The van der Waals surface area contributed by atoms with Crippen molar-refractivity contribution in [2.45, 2.75) is 25.5 Å². The first-order valence-corrected chi connectivity index (χ1v) is 5.19. The van der Waals surface area contributed by atoms with Crippen molar-refractivity contribution in [3.63, 3.8) is 0 Å². The Hall–Kier alpha value is -1.61. The van der Waals surface area contributed by atoms with Crippen LogP contribution in [-0.2, 0) is 10.4 Å². The van der Waals surface area contributed by atoms with E-state index in [9.17, 15) is 9.90 Å². The van der Waals surface area contributed by atoms with Gasteiger partial charge in [-0.1, -0.05) is 36.9 Å². The summed E-state index contributed by atoms with van der Waals surface area (Å²) >= 11 is 0.